The normalized spacial score (nSPS) is 12.2. The Bertz CT molecular complexity index is 483. The minimum atomic E-state index is -0.342. The highest BCUT2D eigenvalue weighted by Gasteiger charge is 2.16. The third-order valence-electron chi connectivity index (χ3n) is 2.59. The fourth-order valence-corrected chi connectivity index (χ4v) is 1.67. The van der Waals surface area contributed by atoms with Crippen LogP contribution in [0.4, 0.5) is 0 Å². The summed E-state index contributed by atoms with van der Waals surface area (Å²) < 4.78 is 10.4. The van der Waals surface area contributed by atoms with Crippen LogP contribution in [0.25, 0.3) is 0 Å². The lowest BCUT2D eigenvalue weighted by molar-refractivity contribution is 0.389. The second kappa shape index (κ2) is 4.88. The van der Waals surface area contributed by atoms with Crippen LogP contribution in [-0.4, -0.2) is 24.2 Å². The van der Waals surface area contributed by atoms with Gasteiger partial charge in [0.25, 0.3) is 0 Å². The molecule has 2 aromatic rings. The zero-order valence-corrected chi connectivity index (χ0v) is 9.81. The molecule has 1 aromatic heterocycles. The van der Waals surface area contributed by atoms with E-state index in [4.69, 9.17) is 15.2 Å². The van der Waals surface area contributed by atoms with Crippen LogP contribution in [-0.2, 0) is 0 Å². The number of benzene rings is 1. The molecule has 1 unspecified atom stereocenters. The molecule has 0 saturated heterocycles. The van der Waals surface area contributed by atoms with Crippen molar-refractivity contribution in [2.24, 2.45) is 5.73 Å². The van der Waals surface area contributed by atoms with Crippen molar-refractivity contribution in [3.8, 4) is 11.5 Å². The summed E-state index contributed by atoms with van der Waals surface area (Å²) in [6, 6.07) is 5.19. The van der Waals surface area contributed by atoms with Crippen molar-refractivity contribution in [3.63, 3.8) is 0 Å². The van der Waals surface area contributed by atoms with Crippen LogP contribution in [0, 0.1) is 0 Å². The molecular weight excluding hydrogens is 218 g/mol. The minimum absolute atomic E-state index is 0.342. The van der Waals surface area contributed by atoms with E-state index in [1.54, 1.807) is 32.7 Å². The van der Waals surface area contributed by atoms with Gasteiger partial charge in [0.05, 0.1) is 20.3 Å². The molecule has 0 spiro atoms. The van der Waals surface area contributed by atoms with E-state index in [9.17, 15) is 0 Å². The number of aromatic nitrogens is 2. The van der Waals surface area contributed by atoms with Crippen LogP contribution in [0.2, 0.25) is 0 Å². The zero-order chi connectivity index (χ0) is 12.3. The fraction of sp³-hybridized carbons (Fsp3) is 0.250. The van der Waals surface area contributed by atoms with Gasteiger partial charge < -0.3 is 20.2 Å². The summed E-state index contributed by atoms with van der Waals surface area (Å²) in [7, 11) is 3.22. The summed E-state index contributed by atoms with van der Waals surface area (Å²) in [5.74, 6) is 2.12. The number of aromatic amines is 1. The van der Waals surface area contributed by atoms with Crippen molar-refractivity contribution in [1.82, 2.24) is 9.97 Å². The lowest BCUT2D eigenvalue weighted by Gasteiger charge is -2.14. The van der Waals surface area contributed by atoms with Gasteiger partial charge in [-0.1, -0.05) is 0 Å². The number of rotatable bonds is 4. The van der Waals surface area contributed by atoms with Crippen molar-refractivity contribution in [3.05, 3.63) is 42.0 Å². The van der Waals surface area contributed by atoms with Gasteiger partial charge in [0.2, 0.25) is 0 Å². The molecule has 1 heterocycles. The zero-order valence-electron chi connectivity index (χ0n) is 9.81. The number of methoxy groups -OCH3 is 2. The smallest absolute Gasteiger partial charge is 0.127 e. The Kier molecular flexibility index (Phi) is 3.30. The van der Waals surface area contributed by atoms with E-state index in [0.717, 1.165) is 11.3 Å². The van der Waals surface area contributed by atoms with E-state index in [1.807, 2.05) is 12.1 Å². The molecule has 5 nitrogen and oxygen atoms in total. The van der Waals surface area contributed by atoms with Gasteiger partial charge in [-0.15, -0.1) is 0 Å². The van der Waals surface area contributed by atoms with E-state index in [1.165, 1.54) is 0 Å². The number of hydrogen-bond donors (Lipinski definition) is 2. The second-order valence-electron chi connectivity index (χ2n) is 3.56. The molecule has 0 aliphatic rings. The molecule has 0 fully saturated rings. The molecule has 1 atom stereocenters. The monoisotopic (exact) mass is 233 g/mol. The maximum absolute atomic E-state index is 6.11. The lowest BCUT2D eigenvalue weighted by atomic mass is 10.1. The average Bonchev–Trinajstić information content (AvgIpc) is 2.91. The first-order chi connectivity index (χ1) is 8.26. The van der Waals surface area contributed by atoms with Crippen molar-refractivity contribution in [2.75, 3.05) is 14.2 Å². The Morgan fingerprint density at radius 2 is 2.12 bits per heavy atom. The van der Waals surface area contributed by atoms with Crippen LogP contribution < -0.4 is 15.2 Å². The van der Waals surface area contributed by atoms with Crippen LogP contribution in [0.15, 0.2) is 30.6 Å². The van der Waals surface area contributed by atoms with E-state index in [-0.39, 0.29) is 6.04 Å². The third-order valence-corrected chi connectivity index (χ3v) is 2.59. The molecule has 0 bridgehead atoms. The molecule has 1 aromatic carbocycles. The lowest BCUT2D eigenvalue weighted by Crippen LogP contribution is -2.14. The van der Waals surface area contributed by atoms with E-state index in [0.29, 0.717) is 11.6 Å². The number of ether oxygens (including phenoxy) is 2. The summed E-state index contributed by atoms with van der Waals surface area (Å²) in [5.41, 5.74) is 6.98. The highest BCUT2D eigenvalue weighted by Crippen LogP contribution is 2.30. The number of nitrogens with one attached hydrogen (secondary N) is 1. The molecular formula is C12H15N3O2. The SMILES string of the molecule is COc1ccc(C(N)c2ncc[nH]2)c(OC)c1. The minimum Gasteiger partial charge on any atom is -0.497 e. The molecule has 5 heteroatoms. The molecule has 0 amide bonds. The molecule has 0 radical (unpaired) electrons. The van der Waals surface area contributed by atoms with Crippen LogP contribution in [0.3, 0.4) is 0 Å². The maximum atomic E-state index is 6.11. The van der Waals surface area contributed by atoms with Gasteiger partial charge in [-0.25, -0.2) is 4.98 Å². The highest BCUT2D eigenvalue weighted by atomic mass is 16.5. The number of nitrogens with zero attached hydrogens (tertiary/aromatic N) is 1. The van der Waals surface area contributed by atoms with Crippen LogP contribution >= 0.6 is 0 Å². The Hall–Kier alpha value is -2.01. The quantitative estimate of drug-likeness (QED) is 0.838. The van der Waals surface area contributed by atoms with E-state index >= 15 is 0 Å². The van der Waals surface area contributed by atoms with Gasteiger partial charge >= 0.3 is 0 Å². The van der Waals surface area contributed by atoms with Gasteiger partial charge in [-0.05, 0) is 12.1 Å². The Labute approximate surface area is 99.6 Å². The fourth-order valence-electron chi connectivity index (χ4n) is 1.67. The summed E-state index contributed by atoms with van der Waals surface area (Å²) in [5, 5.41) is 0. The second-order valence-corrected chi connectivity index (χ2v) is 3.56. The van der Waals surface area contributed by atoms with Crippen molar-refractivity contribution in [2.45, 2.75) is 6.04 Å². The maximum Gasteiger partial charge on any atom is 0.127 e. The van der Waals surface area contributed by atoms with E-state index < -0.39 is 0 Å². The largest absolute Gasteiger partial charge is 0.497 e. The van der Waals surface area contributed by atoms with Crippen molar-refractivity contribution < 1.29 is 9.47 Å². The molecule has 0 saturated carbocycles. The molecule has 2 rings (SSSR count). The summed E-state index contributed by atoms with van der Waals surface area (Å²) in [4.78, 5) is 7.14. The Balaban J connectivity index is 2.38. The number of nitrogens with two attached hydrogens (primary N) is 1. The van der Waals surface area contributed by atoms with Gasteiger partial charge in [-0.2, -0.15) is 0 Å². The Morgan fingerprint density at radius 3 is 2.71 bits per heavy atom. The summed E-state index contributed by atoms with van der Waals surface area (Å²) in [6.45, 7) is 0. The van der Waals surface area contributed by atoms with E-state index in [2.05, 4.69) is 9.97 Å². The first-order valence-corrected chi connectivity index (χ1v) is 5.23. The Morgan fingerprint density at radius 1 is 1.29 bits per heavy atom. The standard InChI is InChI=1S/C12H15N3O2/c1-16-8-3-4-9(10(7-8)17-2)11(13)12-14-5-6-15-12/h3-7,11H,13H2,1-2H3,(H,14,15). The van der Waals surface area contributed by atoms with Gasteiger partial charge in [0.15, 0.2) is 0 Å². The molecule has 0 aliphatic carbocycles. The summed E-state index contributed by atoms with van der Waals surface area (Å²) >= 11 is 0. The predicted molar refractivity (Wildman–Crippen MR) is 64.2 cm³/mol. The van der Waals surface area contributed by atoms with Gasteiger partial charge in [-0.3, -0.25) is 0 Å². The summed E-state index contributed by atoms with van der Waals surface area (Å²) in [6.07, 6.45) is 3.41. The van der Waals surface area contributed by atoms with Gasteiger partial charge in [0, 0.05) is 24.0 Å². The van der Waals surface area contributed by atoms with Crippen molar-refractivity contribution in [1.29, 1.82) is 0 Å². The van der Waals surface area contributed by atoms with Crippen molar-refractivity contribution >= 4 is 0 Å². The number of hydrogen-bond acceptors (Lipinski definition) is 4. The first-order valence-electron chi connectivity index (χ1n) is 5.23. The molecule has 90 valence electrons. The van der Waals surface area contributed by atoms with Crippen LogP contribution in [0.5, 0.6) is 11.5 Å². The van der Waals surface area contributed by atoms with Crippen LogP contribution in [0.1, 0.15) is 17.4 Å². The predicted octanol–water partition coefficient (Wildman–Crippen LogP) is 1.48. The molecule has 17 heavy (non-hydrogen) atoms. The number of imidazole rings is 1. The third kappa shape index (κ3) is 2.24. The first kappa shape index (κ1) is 11.5. The highest BCUT2D eigenvalue weighted by molar-refractivity contribution is 5.44. The molecule has 3 N–H and O–H groups in total. The average molecular weight is 233 g/mol. The van der Waals surface area contributed by atoms with Gasteiger partial charge in [0.1, 0.15) is 17.3 Å². The molecule has 0 aliphatic heterocycles. The number of H-pyrrole nitrogens is 1. The topological polar surface area (TPSA) is 73.2 Å².